The Hall–Kier alpha value is -10.2. The number of halogens is 1. The Morgan fingerprint density at radius 3 is 1.89 bits per heavy atom. The van der Waals surface area contributed by atoms with Crippen LogP contribution in [0.25, 0.3) is 11.1 Å². The van der Waals surface area contributed by atoms with Gasteiger partial charge in [0.2, 0.25) is 53.4 Å². The summed E-state index contributed by atoms with van der Waals surface area (Å²) in [6.45, 7) is 8.38. The molecular weight excluding hydrogens is 1500 g/mol. The zero-order valence-electron chi connectivity index (χ0n) is 61.2. The van der Waals surface area contributed by atoms with E-state index < -0.39 is 255 Å². The SMILES string of the molecule is CC(C)C[C@H](C(=O)N[C@H]1C(=O)N[C@@H](CC(N)=O)C(=O)N[C@H]2C(=O)N[C@H]3C(=O)N[C@H](C(=O)N[C@H](C(=O)O)c4cc(O)cc(O)c4-c4cc3ccc4O)[C@H](O[C@H]3C[C@@](C)(N)[C@@H](O)[C@H](C)O3)c3ccc(cc3)Oc3cc2cc(c3O[C@@H]2O[C@H](CO)[C@@H](O)[C@H](O)[C@H]2O[C@H]2C[C@](C)(N)[C@@H](O)[C@H](C)O2)Oc2ccc(cc2Cl)[C@H]1O)N(C)N=O. The Morgan fingerprint density at radius 1 is 0.696 bits per heavy atom. The molecule has 0 unspecified atom stereocenters. The largest absolute Gasteiger partial charge is 0.508 e. The number of hydrogen-bond acceptors (Lipinski definition) is 29. The van der Waals surface area contributed by atoms with Crippen LogP contribution in [0.4, 0.5) is 0 Å². The van der Waals surface area contributed by atoms with E-state index in [1.807, 2.05) is 0 Å². The number of nitrogens with zero attached hydrogens (tertiary/aromatic N) is 2. The summed E-state index contributed by atoms with van der Waals surface area (Å²) in [6.07, 6.45) is -23.0. The van der Waals surface area contributed by atoms with Crippen molar-refractivity contribution in [2.24, 2.45) is 28.4 Å². The van der Waals surface area contributed by atoms with Crippen molar-refractivity contribution in [2.75, 3.05) is 13.7 Å². The van der Waals surface area contributed by atoms with E-state index in [-0.39, 0.29) is 53.4 Å². The maximum absolute atomic E-state index is 16.4. The lowest BCUT2D eigenvalue weighted by Crippen LogP contribution is -2.64. The molecule has 39 heteroatoms. The second kappa shape index (κ2) is 33.3. The van der Waals surface area contributed by atoms with Crippen molar-refractivity contribution in [3.8, 4) is 57.1 Å². The van der Waals surface area contributed by atoms with Crippen LogP contribution in [0.15, 0.2) is 90.2 Å². The van der Waals surface area contributed by atoms with Crippen LogP contribution in [0.5, 0.6) is 46.0 Å². The number of aliphatic hydroxyl groups excluding tert-OH is 6. The molecule has 0 spiro atoms. The van der Waals surface area contributed by atoms with Gasteiger partial charge in [0.1, 0.15) is 95.5 Å². The molecule has 112 heavy (non-hydrogen) atoms. The minimum atomic E-state index is -2.38. The molecule has 5 aromatic carbocycles. The maximum Gasteiger partial charge on any atom is 0.330 e. The molecule has 22 atom stereocenters. The molecule has 0 radical (unpaired) electrons. The van der Waals surface area contributed by atoms with Crippen molar-refractivity contribution >= 4 is 58.9 Å². The zero-order chi connectivity index (χ0) is 81.6. The minimum Gasteiger partial charge on any atom is -0.508 e. The van der Waals surface area contributed by atoms with Gasteiger partial charge in [0.05, 0.1) is 47.8 Å². The van der Waals surface area contributed by atoms with Crippen LogP contribution in [-0.2, 0) is 62.0 Å². The fraction of sp³-hybridized carbons (Fsp3) is 0.479. The van der Waals surface area contributed by atoms with E-state index in [1.165, 1.54) is 65.1 Å². The number of carbonyl (C=O) groups is 8. The Labute approximate surface area is 643 Å². The smallest absolute Gasteiger partial charge is 0.330 e. The average Bonchev–Trinajstić information content (AvgIpc) is 0.766. The number of carboxylic acid groups (broad SMARTS) is 1. The first kappa shape index (κ1) is 82.8. The van der Waals surface area contributed by atoms with E-state index in [0.29, 0.717) is 0 Å². The molecular formula is C73H88ClN11O27. The third-order valence-electron chi connectivity index (χ3n) is 20.3. The van der Waals surface area contributed by atoms with Gasteiger partial charge < -0.3 is 138 Å². The number of primary amides is 1. The number of aromatic hydroxyl groups is 3. The van der Waals surface area contributed by atoms with Crippen LogP contribution in [0.3, 0.4) is 0 Å². The number of ether oxygens (including phenoxy) is 8. The van der Waals surface area contributed by atoms with Gasteiger partial charge >= 0.3 is 5.97 Å². The van der Waals surface area contributed by atoms with Gasteiger partial charge in [-0.05, 0) is 117 Å². The molecule has 5 aromatic rings. The summed E-state index contributed by atoms with van der Waals surface area (Å²) in [5, 5.41) is 132. The third kappa shape index (κ3) is 17.5. The number of aliphatic carboxylic acids is 1. The summed E-state index contributed by atoms with van der Waals surface area (Å²) in [4.78, 5) is 132. The molecule has 7 amide bonds. The van der Waals surface area contributed by atoms with Crippen molar-refractivity contribution in [1.82, 2.24) is 36.9 Å². The van der Waals surface area contributed by atoms with Gasteiger partial charge in [0.25, 0.3) is 0 Å². The number of carbonyl (C=O) groups excluding carboxylic acids is 7. The molecule has 604 valence electrons. The Balaban J connectivity index is 1.18. The van der Waals surface area contributed by atoms with Gasteiger partial charge in [-0.25, -0.2) is 4.79 Å². The van der Waals surface area contributed by atoms with Gasteiger partial charge in [-0.3, -0.25) is 38.6 Å². The maximum atomic E-state index is 16.4. The summed E-state index contributed by atoms with van der Waals surface area (Å²) >= 11 is 7.13. The van der Waals surface area contributed by atoms with Crippen molar-refractivity contribution in [2.45, 2.75) is 201 Å². The molecule has 0 aliphatic carbocycles. The average molecular weight is 1590 g/mol. The van der Waals surface area contributed by atoms with Crippen LogP contribution in [-0.4, -0.2) is 220 Å². The van der Waals surface area contributed by atoms with Crippen LogP contribution < -0.4 is 63.3 Å². The number of phenolic OH excluding ortho intramolecular Hbond substituents is 3. The molecule has 11 bridgehead atoms. The van der Waals surface area contributed by atoms with Gasteiger partial charge in [0.15, 0.2) is 36.2 Å². The van der Waals surface area contributed by atoms with E-state index in [4.69, 9.17) is 66.7 Å². The molecule has 0 aromatic heterocycles. The summed E-state index contributed by atoms with van der Waals surface area (Å²) in [5.41, 5.74) is 13.4. The lowest BCUT2D eigenvalue weighted by molar-refractivity contribution is -0.333. The molecule has 8 heterocycles. The number of nitrogens with two attached hydrogens (primary N) is 3. The molecule has 38 nitrogen and oxygen atoms in total. The number of aliphatic hydroxyl groups is 6. The van der Waals surface area contributed by atoms with E-state index >= 15 is 24.0 Å². The van der Waals surface area contributed by atoms with Gasteiger partial charge in [0, 0.05) is 53.7 Å². The monoisotopic (exact) mass is 1590 g/mol. The van der Waals surface area contributed by atoms with E-state index in [1.54, 1.807) is 13.8 Å². The first-order valence-corrected chi connectivity index (χ1v) is 35.9. The molecule has 3 saturated heterocycles. The predicted octanol–water partition coefficient (Wildman–Crippen LogP) is 0.0841. The highest BCUT2D eigenvalue weighted by atomic mass is 35.5. The van der Waals surface area contributed by atoms with Crippen molar-refractivity contribution in [3.05, 3.63) is 123 Å². The lowest BCUT2D eigenvalue weighted by Gasteiger charge is -2.47. The number of benzene rings is 5. The molecule has 22 N–H and O–H groups in total. The zero-order valence-corrected chi connectivity index (χ0v) is 61.9. The summed E-state index contributed by atoms with van der Waals surface area (Å²) < 4.78 is 51.6. The number of hydrogen-bond donors (Lipinski definition) is 19. The summed E-state index contributed by atoms with van der Waals surface area (Å²) in [6, 6.07) is 0.455. The first-order valence-electron chi connectivity index (χ1n) is 35.5. The van der Waals surface area contributed by atoms with E-state index in [2.05, 4.69) is 37.2 Å². The van der Waals surface area contributed by atoms with Crippen LogP contribution >= 0.6 is 11.6 Å². The Bertz CT molecular complexity index is 4440. The molecule has 13 rings (SSSR count). The number of phenols is 3. The number of carboxylic acids is 1. The number of rotatable bonds is 16. The quantitative estimate of drug-likeness (QED) is 0.0459. The van der Waals surface area contributed by atoms with E-state index in [9.17, 15) is 70.4 Å². The first-order chi connectivity index (χ1) is 52.8. The fourth-order valence-electron chi connectivity index (χ4n) is 14.3. The minimum absolute atomic E-state index is 0.0522. The standard InChI is InChI=1S/C73H88ClN11O27/c1-27(2)16-40(85(7)84-104)65(97)82-54-56(91)32-11-15-43(38(74)18-32)108-45-20-33-19-44(60(45)112-71-61(58(93)57(92)46(26-86)109-71)111-49-25-73(6,77)63(95)29(4)106-49)107-35-12-8-30(9-13-35)59(110-48-24-72(5,76)62(94)28(3)105-48)55-69(101)81-53(70(102)103)37-21-34(87)22-42(89)50(37)36-17-31(10-14-41(36)88)51(66(98)83-55)80-67(99)52(33)79-64(96)39(23-47(75)90)78-68(54)100/h8-15,17-22,27-29,39-40,46,48-49,51-59,61-63,71,86-89,91-95H,16,23-26,76-77H2,1-7H3,(H2,75,90)(H,78,100)(H,79,96)(H,80,99)(H,81,101)(H,82,97)(H,83,98)(H,102,103)/t28-,29-,39-,40+,46+,48-,49-,51+,52+,53-,54+,55-,56+,57+,58-,59+,61+,62-,63-,71-,72+,73-/m0/s1. The van der Waals surface area contributed by atoms with Gasteiger partial charge in [-0.15, -0.1) is 4.91 Å². The van der Waals surface area contributed by atoms with Gasteiger partial charge in [-0.1, -0.05) is 49.7 Å². The number of amides is 7. The summed E-state index contributed by atoms with van der Waals surface area (Å²) in [5.74, 6) is -16.4. The second-order valence-electron chi connectivity index (χ2n) is 29.5. The number of nitrogens with one attached hydrogen (secondary N) is 6. The normalized spacial score (nSPS) is 31.8. The summed E-state index contributed by atoms with van der Waals surface area (Å²) in [7, 11) is 1.18. The lowest BCUT2D eigenvalue weighted by atomic mass is 9.86. The van der Waals surface area contributed by atoms with Crippen LogP contribution in [0, 0.1) is 10.8 Å². The Morgan fingerprint density at radius 2 is 1.29 bits per heavy atom. The Kier molecular flexibility index (Phi) is 24.6. The highest BCUT2D eigenvalue weighted by molar-refractivity contribution is 6.32. The van der Waals surface area contributed by atoms with Crippen LogP contribution in [0.2, 0.25) is 5.02 Å². The number of nitroso groups, excluding NO2 is 1. The molecule has 8 aliphatic heterocycles. The predicted molar refractivity (Wildman–Crippen MR) is 385 cm³/mol. The van der Waals surface area contributed by atoms with Crippen molar-refractivity contribution < 1.29 is 127 Å². The fourth-order valence-corrected chi connectivity index (χ4v) is 14.5. The third-order valence-corrected chi connectivity index (χ3v) is 20.6. The van der Waals surface area contributed by atoms with Gasteiger partial charge in [-0.2, -0.15) is 0 Å². The molecule has 0 saturated carbocycles. The van der Waals surface area contributed by atoms with Crippen molar-refractivity contribution in [1.29, 1.82) is 0 Å². The highest BCUT2D eigenvalue weighted by Gasteiger charge is 2.52. The van der Waals surface area contributed by atoms with Crippen LogP contribution in [0.1, 0.15) is 125 Å². The molecule has 3 fully saturated rings. The van der Waals surface area contributed by atoms with E-state index in [0.717, 1.165) is 59.6 Å². The second-order valence-corrected chi connectivity index (χ2v) is 29.9. The number of fused-ring (bicyclic) bond motifs is 15. The highest BCUT2D eigenvalue weighted by Crippen LogP contribution is 2.50. The topological polar surface area (TPSA) is 596 Å². The van der Waals surface area contributed by atoms with Crippen molar-refractivity contribution in [3.63, 3.8) is 0 Å². The number of likely N-dealkylation sites (N-methyl/N-ethyl adjacent to an activating group) is 1. The molecule has 8 aliphatic rings.